The Morgan fingerprint density at radius 2 is 2.09 bits per heavy atom. The monoisotopic (exact) mass is 167 g/mol. The molecule has 0 aromatic carbocycles. The van der Waals surface area contributed by atoms with Gasteiger partial charge in [-0.2, -0.15) is 5.26 Å². The van der Waals surface area contributed by atoms with Crippen LogP contribution >= 0.6 is 0 Å². The molecule has 56 valence electrons. The van der Waals surface area contributed by atoms with E-state index in [9.17, 15) is 4.21 Å². The van der Waals surface area contributed by atoms with Crippen LogP contribution in [0.15, 0.2) is 17.3 Å². The number of rotatable bonds is 1. The van der Waals surface area contributed by atoms with E-state index in [-0.39, 0.29) is 5.82 Å². The van der Waals surface area contributed by atoms with Crippen molar-refractivity contribution < 1.29 is 4.21 Å². The van der Waals surface area contributed by atoms with E-state index in [2.05, 4.69) is 9.97 Å². The van der Waals surface area contributed by atoms with Gasteiger partial charge in [0.1, 0.15) is 6.07 Å². The minimum atomic E-state index is -1.07. The SMILES string of the molecule is CS(=O)c1cnc(C#N)nc1. The highest BCUT2D eigenvalue weighted by Crippen LogP contribution is 1.99. The van der Waals surface area contributed by atoms with Gasteiger partial charge in [-0.1, -0.05) is 0 Å². The van der Waals surface area contributed by atoms with Gasteiger partial charge in [-0.15, -0.1) is 0 Å². The zero-order chi connectivity index (χ0) is 8.27. The highest BCUT2D eigenvalue weighted by atomic mass is 32.2. The van der Waals surface area contributed by atoms with Crippen molar-refractivity contribution in [1.82, 2.24) is 9.97 Å². The van der Waals surface area contributed by atoms with Crippen LogP contribution in [0.1, 0.15) is 5.82 Å². The maximum absolute atomic E-state index is 10.8. The lowest BCUT2D eigenvalue weighted by molar-refractivity contribution is 0.686. The van der Waals surface area contributed by atoms with Crippen LogP contribution in [0.3, 0.4) is 0 Å². The Labute approximate surface area is 66.4 Å². The summed E-state index contributed by atoms with van der Waals surface area (Å²) in [6.45, 7) is 0. The number of hydrogen-bond acceptors (Lipinski definition) is 4. The van der Waals surface area contributed by atoms with Crippen LogP contribution in [0.4, 0.5) is 0 Å². The zero-order valence-electron chi connectivity index (χ0n) is 5.81. The van der Waals surface area contributed by atoms with Crippen molar-refractivity contribution in [2.45, 2.75) is 4.90 Å². The van der Waals surface area contributed by atoms with Gasteiger partial charge in [0.05, 0.1) is 15.7 Å². The van der Waals surface area contributed by atoms with E-state index in [1.807, 2.05) is 0 Å². The summed E-state index contributed by atoms with van der Waals surface area (Å²) in [4.78, 5) is 7.84. The molecule has 0 saturated heterocycles. The third kappa shape index (κ3) is 1.82. The van der Waals surface area contributed by atoms with E-state index in [4.69, 9.17) is 5.26 Å². The third-order valence-electron chi connectivity index (χ3n) is 1.06. The molecule has 0 radical (unpaired) electrons. The molecular formula is C6H5N3OS. The van der Waals surface area contributed by atoms with Gasteiger partial charge in [-0.05, 0) is 0 Å². The van der Waals surface area contributed by atoms with Gasteiger partial charge >= 0.3 is 0 Å². The van der Waals surface area contributed by atoms with Gasteiger partial charge in [0.2, 0.25) is 5.82 Å². The fourth-order valence-corrected chi connectivity index (χ4v) is 0.925. The lowest BCUT2D eigenvalue weighted by Gasteiger charge is -1.91. The average Bonchev–Trinajstić information content (AvgIpc) is 2.05. The van der Waals surface area contributed by atoms with Crippen molar-refractivity contribution >= 4 is 10.8 Å². The van der Waals surface area contributed by atoms with Crippen molar-refractivity contribution in [3.8, 4) is 6.07 Å². The first-order valence-electron chi connectivity index (χ1n) is 2.79. The van der Waals surface area contributed by atoms with Crippen LogP contribution in [-0.2, 0) is 10.8 Å². The normalized spacial score (nSPS) is 12.0. The Morgan fingerprint density at radius 3 is 2.45 bits per heavy atom. The Morgan fingerprint density at radius 1 is 1.55 bits per heavy atom. The van der Waals surface area contributed by atoms with Gasteiger partial charge in [0, 0.05) is 18.6 Å². The Hall–Kier alpha value is -1.28. The maximum atomic E-state index is 10.8. The summed E-state index contributed by atoms with van der Waals surface area (Å²) in [7, 11) is -1.07. The molecule has 1 atom stereocenters. The summed E-state index contributed by atoms with van der Waals surface area (Å²) in [5.41, 5.74) is 0. The Bertz CT molecular complexity index is 314. The van der Waals surface area contributed by atoms with Crippen LogP contribution < -0.4 is 0 Å². The van der Waals surface area contributed by atoms with Crippen molar-refractivity contribution in [3.63, 3.8) is 0 Å². The van der Waals surface area contributed by atoms with Gasteiger partial charge in [-0.3, -0.25) is 4.21 Å². The smallest absolute Gasteiger partial charge is 0.232 e. The average molecular weight is 167 g/mol. The summed E-state index contributed by atoms with van der Waals surface area (Å²) < 4.78 is 10.8. The van der Waals surface area contributed by atoms with Crippen LogP contribution in [-0.4, -0.2) is 20.4 Å². The maximum Gasteiger partial charge on any atom is 0.232 e. The van der Waals surface area contributed by atoms with E-state index < -0.39 is 10.8 Å². The molecule has 1 unspecified atom stereocenters. The highest BCUT2D eigenvalue weighted by Gasteiger charge is 1.98. The molecule has 1 rings (SSSR count). The first-order chi connectivity index (χ1) is 5.24. The molecule has 5 heteroatoms. The lowest BCUT2D eigenvalue weighted by atomic mass is 10.6. The molecule has 1 aromatic heterocycles. The number of nitriles is 1. The third-order valence-corrected chi connectivity index (χ3v) is 1.93. The number of hydrogen-bond donors (Lipinski definition) is 0. The van der Waals surface area contributed by atoms with Crippen LogP contribution in [0.5, 0.6) is 0 Å². The molecule has 0 fully saturated rings. The predicted molar refractivity (Wildman–Crippen MR) is 39.1 cm³/mol. The topological polar surface area (TPSA) is 66.6 Å². The molecule has 0 aliphatic rings. The molecule has 0 aliphatic carbocycles. The van der Waals surface area contributed by atoms with Crippen LogP contribution in [0.2, 0.25) is 0 Å². The second kappa shape index (κ2) is 3.21. The first kappa shape index (κ1) is 7.82. The summed E-state index contributed by atoms with van der Waals surface area (Å²) in [5, 5.41) is 8.32. The molecule has 0 saturated carbocycles. The van der Waals surface area contributed by atoms with Crippen molar-refractivity contribution in [3.05, 3.63) is 18.2 Å². The first-order valence-corrected chi connectivity index (χ1v) is 4.35. The second-order valence-corrected chi connectivity index (χ2v) is 3.19. The Kier molecular flexibility index (Phi) is 2.28. The quantitative estimate of drug-likeness (QED) is 0.594. The van der Waals surface area contributed by atoms with E-state index in [1.165, 1.54) is 18.6 Å². The largest absolute Gasteiger partial charge is 0.255 e. The lowest BCUT2D eigenvalue weighted by Crippen LogP contribution is -1.93. The van der Waals surface area contributed by atoms with E-state index in [1.54, 1.807) is 6.07 Å². The molecule has 0 N–H and O–H groups in total. The molecule has 0 spiro atoms. The second-order valence-electron chi connectivity index (χ2n) is 1.81. The summed E-state index contributed by atoms with van der Waals surface area (Å²) >= 11 is 0. The molecular weight excluding hydrogens is 162 g/mol. The summed E-state index contributed by atoms with van der Waals surface area (Å²) in [6.07, 6.45) is 4.31. The van der Waals surface area contributed by atoms with Crippen molar-refractivity contribution in [2.75, 3.05) is 6.26 Å². The molecule has 1 aromatic rings. The molecule has 1 heterocycles. The molecule has 11 heavy (non-hydrogen) atoms. The van der Waals surface area contributed by atoms with Gasteiger partial charge in [0.25, 0.3) is 0 Å². The number of aromatic nitrogens is 2. The highest BCUT2D eigenvalue weighted by molar-refractivity contribution is 7.84. The van der Waals surface area contributed by atoms with Gasteiger partial charge < -0.3 is 0 Å². The molecule has 4 nitrogen and oxygen atoms in total. The van der Waals surface area contributed by atoms with Gasteiger partial charge in [-0.25, -0.2) is 9.97 Å². The predicted octanol–water partition coefficient (Wildman–Crippen LogP) is 0.0857. The fourth-order valence-electron chi connectivity index (χ4n) is 0.522. The molecule has 0 amide bonds. The minimum Gasteiger partial charge on any atom is -0.255 e. The Balaban J connectivity index is 3.03. The standard InChI is InChI=1S/C6H5N3OS/c1-11(10)5-3-8-6(2-7)9-4-5/h3-4H,1H3. The fraction of sp³-hybridized carbons (Fsp3) is 0.167. The van der Waals surface area contributed by atoms with E-state index in [0.29, 0.717) is 4.90 Å². The zero-order valence-corrected chi connectivity index (χ0v) is 6.63. The van der Waals surface area contributed by atoms with E-state index >= 15 is 0 Å². The summed E-state index contributed by atoms with van der Waals surface area (Å²) in [6, 6.07) is 1.77. The van der Waals surface area contributed by atoms with Crippen molar-refractivity contribution in [2.24, 2.45) is 0 Å². The van der Waals surface area contributed by atoms with Crippen molar-refractivity contribution in [1.29, 1.82) is 5.26 Å². The van der Waals surface area contributed by atoms with Crippen LogP contribution in [0.25, 0.3) is 0 Å². The van der Waals surface area contributed by atoms with Gasteiger partial charge in [0.15, 0.2) is 0 Å². The van der Waals surface area contributed by atoms with Crippen LogP contribution in [0, 0.1) is 11.3 Å². The van der Waals surface area contributed by atoms with E-state index in [0.717, 1.165) is 0 Å². The number of nitrogens with zero attached hydrogens (tertiary/aromatic N) is 3. The molecule has 0 aliphatic heterocycles. The molecule has 0 bridgehead atoms. The summed E-state index contributed by atoms with van der Waals surface area (Å²) in [5.74, 6) is 0.0965. The minimum absolute atomic E-state index is 0.0965.